The third-order valence-corrected chi connectivity index (χ3v) is 5.44. The fourth-order valence-electron chi connectivity index (χ4n) is 2.90. The van der Waals surface area contributed by atoms with Gasteiger partial charge in [0.2, 0.25) is 0 Å². The van der Waals surface area contributed by atoms with Crippen molar-refractivity contribution in [2.75, 3.05) is 11.9 Å². The first kappa shape index (κ1) is 15.5. The molecular formula is C16H21BrFNO. The molecule has 4 heteroatoms. The molecule has 20 heavy (non-hydrogen) atoms. The Morgan fingerprint density at radius 3 is 2.65 bits per heavy atom. The molecule has 1 aromatic rings. The van der Waals surface area contributed by atoms with Crippen LogP contribution in [0.25, 0.3) is 0 Å². The first-order valence-corrected chi connectivity index (χ1v) is 8.29. The number of amides is 1. The van der Waals surface area contributed by atoms with E-state index in [9.17, 15) is 9.18 Å². The molecule has 0 heterocycles. The second-order valence-electron chi connectivity index (χ2n) is 5.84. The predicted molar refractivity (Wildman–Crippen MR) is 82.8 cm³/mol. The van der Waals surface area contributed by atoms with Crippen LogP contribution in [0, 0.1) is 18.2 Å². The Morgan fingerprint density at radius 1 is 1.35 bits per heavy atom. The predicted octanol–water partition coefficient (Wildman–Crippen LogP) is 4.21. The summed E-state index contributed by atoms with van der Waals surface area (Å²) in [6.07, 6.45) is 6.07. The molecule has 1 amide bonds. The Kier molecular flexibility index (Phi) is 5.19. The van der Waals surface area contributed by atoms with Gasteiger partial charge in [0.25, 0.3) is 5.91 Å². The standard InChI is InChI=1S/C16H21BrFNO/c1-12-9-13(18)5-6-14(12)15(20)19-11-16(10-17)7-3-2-4-8-16/h5-6,9H,2-4,7-8,10-11H2,1H3,(H,19,20). The maximum Gasteiger partial charge on any atom is 0.251 e. The number of rotatable bonds is 4. The fourth-order valence-corrected chi connectivity index (χ4v) is 3.66. The molecule has 0 saturated heterocycles. The molecule has 1 N–H and O–H groups in total. The van der Waals surface area contributed by atoms with Crippen LogP contribution < -0.4 is 5.32 Å². The van der Waals surface area contributed by atoms with E-state index in [-0.39, 0.29) is 17.1 Å². The number of hydrogen-bond acceptors (Lipinski definition) is 1. The maximum atomic E-state index is 13.1. The molecule has 0 radical (unpaired) electrons. The SMILES string of the molecule is Cc1cc(F)ccc1C(=O)NCC1(CBr)CCCCC1. The van der Waals surface area contributed by atoms with Crippen LogP contribution in [0.4, 0.5) is 4.39 Å². The van der Waals surface area contributed by atoms with E-state index in [1.165, 1.54) is 31.4 Å². The minimum Gasteiger partial charge on any atom is -0.351 e. The monoisotopic (exact) mass is 341 g/mol. The van der Waals surface area contributed by atoms with Gasteiger partial charge in [0.05, 0.1) is 0 Å². The van der Waals surface area contributed by atoms with Crippen molar-refractivity contribution in [2.45, 2.75) is 39.0 Å². The molecule has 0 atom stereocenters. The molecule has 1 saturated carbocycles. The number of nitrogens with one attached hydrogen (secondary N) is 1. The van der Waals surface area contributed by atoms with Crippen LogP contribution in [0.15, 0.2) is 18.2 Å². The Bertz CT molecular complexity index is 483. The fraction of sp³-hybridized carbons (Fsp3) is 0.562. The summed E-state index contributed by atoms with van der Waals surface area (Å²) in [4.78, 5) is 12.2. The van der Waals surface area contributed by atoms with E-state index in [2.05, 4.69) is 21.2 Å². The number of alkyl halides is 1. The van der Waals surface area contributed by atoms with Gasteiger partial charge >= 0.3 is 0 Å². The Morgan fingerprint density at radius 2 is 2.05 bits per heavy atom. The van der Waals surface area contributed by atoms with Crippen molar-refractivity contribution in [3.05, 3.63) is 35.1 Å². The Labute approximate surface area is 128 Å². The smallest absolute Gasteiger partial charge is 0.251 e. The summed E-state index contributed by atoms with van der Waals surface area (Å²) >= 11 is 3.60. The summed E-state index contributed by atoms with van der Waals surface area (Å²) in [5.41, 5.74) is 1.42. The summed E-state index contributed by atoms with van der Waals surface area (Å²) in [7, 11) is 0. The Hall–Kier alpha value is -0.900. The zero-order chi connectivity index (χ0) is 14.6. The molecule has 0 bridgehead atoms. The van der Waals surface area contributed by atoms with Crippen LogP contribution in [0.2, 0.25) is 0 Å². The average molecular weight is 342 g/mol. The van der Waals surface area contributed by atoms with Crippen LogP contribution in [0.3, 0.4) is 0 Å². The van der Waals surface area contributed by atoms with Gasteiger partial charge in [-0.15, -0.1) is 0 Å². The lowest BCUT2D eigenvalue weighted by molar-refractivity contribution is 0.0921. The lowest BCUT2D eigenvalue weighted by atomic mass is 9.75. The molecule has 1 aliphatic rings. The number of carbonyl (C=O) groups excluding carboxylic acids is 1. The molecule has 2 nitrogen and oxygen atoms in total. The number of aryl methyl sites for hydroxylation is 1. The zero-order valence-electron chi connectivity index (χ0n) is 11.8. The lowest BCUT2D eigenvalue weighted by Crippen LogP contribution is -2.40. The first-order chi connectivity index (χ1) is 9.56. The van der Waals surface area contributed by atoms with E-state index in [1.54, 1.807) is 13.0 Å². The van der Waals surface area contributed by atoms with E-state index in [4.69, 9.17) is 0 Å². The number of halogens is 2. The van der Waals surface area contributed by atoms with Crippen molar-refractivity contribution in [3.8, 4) is 0 Å². The lowest BCUT2D eigenvalue weighted by Gasteiger charge is -2.35. The van der Waals surface area contributed by atoms with Crippen molar-refractivity contribution in [2.24, 2.45) is 5.41 Å². The van der Waals surface area contributed by atoms with Crippen LogP contribution in [-0.2, 0) is 0 Å². The highest BCUT2D eigenvalue weighted by molar-refractivity contribution is 9.09. The minimum atomic E-state index is -0.303. The number of carbonyl (C=O) groups is 1. The molecule has 1 aromatic carbocycles. The normalized spacial score (nSPS) is 17.8. The third-order valence-electron chi connectivity index (χ3n) is 4.25. The van der Waals surface area contributed by atoms with E-state index in [0.29, 0.717) is 17.7 Å². The summed E-state index contributed by atoms with van der Waals surface area (Å²) in [6.45, 7) is 2.45. The second kappa shape index (κ2) is 6.70. The van der Waals surface area contributed by atoms with Gasteiger partial charge in [-0.1, -0.05) is 35.2 Å². The maximum absolute atomic E-state index is 13.1. The summed E-state index contributed by atoms with van der Waals surface area (Å²) in [5.74, 6) is -0.406. The zero-order valence-corrected chi connectivity index (χ0v) is 13.4. The highest BCUT2D eigenvalue weighted by atomic mass is 79.9. The van der Waals surface area contributed by atoms with E-state index in [1.807, 2.05) is 0 Å². The van der Waals surface area contributed by atoms with Crippen LogP contribution in [-0.4, -0.2) is 17.8 Å². The van der Waals surface area contributed by atoms with E-state index >= 15 is 0 Å². The van der Waals surface area contributed by atoms with Gasteiger partial charge in [0.15, 0.2) is 0 Å². The molecule has 0 spiro atoms. The molecule has 1 aliphatic carbocycles. The summed E-state index contributed by atoms with van der Waals surface area (Å²) < 4.78 is 13.1. The largest absolute Gasteiger partial charge is 0.351 e. The van der Waals surface area contributed by atoms with Crippen molar-refractivity contribution < 1.29 is 9.18 Å². The second-order valence-corrected chi connectivity index (χ2v) is 6.40. The third kappa shape index (κ3) is 3.60. The van der Waals surface area contributed by atoms with Gasteiger partial charge < -0.3 is 5.32 Å². The molecule has 0 aromatic heterocycles. The van der Waals surface area contributed by atoms with Crippen LogP contribution in [0.5, 0.6) is 0 Å². The topological polar surface area (TPSA) is 29.1 Å². The van der Waals surface area contributed by atoms with Gasteiger partial charge in [-0.3, -0.25) is 4.79 Å². The molecule has 0 aliphatic heterocycles. The van der Waals surface area contributed by atoms with Crippen molar-refractivity contribution in [1.29, 1.82) is 0 Å². The first-order valence-electron chi connectivity index (χ1n) is 7.17. The van der Waals surface area contributed by atoms with Crippen LogP contribution >= 0.6 is 15.9 Å². The van der Waals surface area contributed by atoms with Gasteiger partial charge in [-0.05, 0) is 48.9 Å². The molecule has 2 rings (SSSR count). The van der Waals surface area contributed by atoms with Gasteiger partial charge in [-0.25, -0.2) is 4.39 Å². The highest BCUT2D eigenvalue weighted by Gasteiger charge is 2.31. The van der Waals surface area contributed by atoms with E-state index in [0.717, 1.165) is 18.2 Å². The van der Waals surface area contributed by atoms with Crippen molar-refractivity contribution in [1.82, 2.24) is 5.32 Å². The van der Waals surface area contributed by atoms with Crippen molar-refractivity contribution >= 4 is 21.8 Å². The average Bonchev–Trinajstić information content (AvgIpc) is 2.46. The van der Waals surface area contributed by atoms with Crippen LogP contribution in [0.1, 0.15) is 48.0 Å². The molecule has 1 fully saturated rings. The van der Waals surface area contributed by atoms with Crippen molar-refractivity contribution in [3.63, 3.8) is 0 Å². The highest BCUT2D eigenvalue weighted by Crippen LogP contribution is 2.37. The molecule has 0 unspecified atom stereocenters. The number of benzene rings is 1. The quantitative estimate of drug-likeness (QED) is 0.816. The summed E-state index contributed by atoms with van der Waals surface area (Å²) in [5, 5.41) is 3.95. The minimum absolute atomic E-state index is 0.103. The Balaban J connectivity index is 2.00. The van der Waals surface area contributed by atoms with Gasteiger partial charge in [0.1, 0.15) is 5.82 Å². The van der Waals surface area contributed by atoms with Gasteiger partial charge in [0, 0.05) is 17.4 Å². The van der Waals surface area contributed by atoms with Gasteiger partial charge in [-0.2, -0.15) is 0 Å². The number of hydrogen-bond donors (Lipinski definition) is 1. The summed E-state index contributed by atoms with van der Waals surface area (Å²) in [6, 6.07) is 4.29. The van der Waals surface area contributed by atoms with E-state index < -0.39 is 0 Å². The molecule has 110 valence electrons. The molecular weight excluding hydrogens is 321 g/mol.